The molecule has 1 aromatic heterocycles. The highest BCUT2D eigenvalue weighted by Gasteiger charge is 2.28. The second-order valence-electron chi connectivity index (χ2n) is 7.06. The van der Waals surface area contributed by atoms with E-state index in [2.05, 4.69) is 5.32 Å². The molecular formula is C22H22BN2O6+. The Labute approximate surface area is 179 Å². The molecule has 3 rings (SSSR count). The van der Waals surface area contributed by atoms with Crippen LogP contribution < -0.4 is 9.88 Å². The molecule has 0 saturated carbocycles. The van der Waals surface area contributed by atoms with Gasteiger partial charge in [-0.2, -0.15) is 0 Å². The molecule has 0 radical (unpaired) electrons. The first-order valence-electron chi connectivity index (χ1n) is 9.59. The predicted molar refractivity (Wildman–Crippen MR) is 112 cm³/mol. The number of nitrogens with one attached hydrogen (secondary N) is 1. The van der Waals surface area contributed by atoms with Crippen molar-refractivity contribution >= 4 is 19.0 Å². The molecule has 1 unspecified atom stereocenters. The van der Waals surface area contributed by atoms with Crippen LogP contribution in [-0.2, 0) is 13.0 Å². The Morgan fingerprint density at radius 1 is 0.968 bits per heavy atom. The summed E-state index contributed by atoms with van der Waals surface area (Å²) in [6.45, 7) is 0.639. The highest BCUT2D eigenvalue weighted by molar-refractivity contribution is 6.43. The van der Waals surface area contributed by atoms with Gasteiger partial charge in [0, 0.05) is 23.3 Å². The van der Waals surface area contributed by atoms with Crippen LogP contribution in [0.2, 0.25) is 0 Å². The highest BCUT2D eigenvalue weighted by atomic mass is 16.4. The topological polar surface area (TPSA) is 131 Å². The Kier molecular flexibility index (Phi) is 7.01. The number of carbonyl (C=O) groups is 2. The highest BCUT2D eigenvalue weighted by Crippen LogP contribution is 2.24. The molecule has 1 amide bonds. The summed E-state index contributed by atoms with van der Waals surface area (Å²) in [4.78, 5) is 23.8. The van der Waals surface area contributed by atoms with Crippen molar-refractivity contribution in [3.05, 3.63) is 95.3 Å². The van der Waals surface area contributed by atoms with E-state index in [4.69, 9.17) is 5.11 Å². The normalized spacial score (nSPS) is 11.5. The van der Waals surface area contributed by atoms with Gasteiger partial charge in [0.15, 0.2) is 18.9 Å². The Morgan fingerprint density at radius 3 is 2.26 bits per heavy atom. The number of carboxylic acid groups (broad SMARTS) is 1. The molecule has 2 aromatic carbocycles. The number of aromatic nitrogens is 1. The van der Waals surface area contributed by atoms with Gasteiger partial charge in [-0.3, -0.25) is 4.79 Å². The summed E-state index contributed by atoms with van der Waals surface area (Å²) in [7, 11) is -1.91. The summed E-state index contributed by atoms with van der Waals surface area (Å²) in [6, 6.07) is 16.8. The van der Waals surface area contributed by atoms with Crippen molar-refractivity contribution in [3.8, 4) is 5.75 Å². The number of amides is 1. The molecule has 5 N–H and O–H groups in total. The molecule has 0 saturated heterocycles. The molecule has 0 aliphatic rings. The third kappa shape index (κ3) is 5.68. The zero-order valence-electron chi connectivity index (χ0n) is 16.5. The van der Waals surface area contributed by atoms with E-state index in [9.17, 15) is 24.7 Å². The first kappa shape index (κ1) is 22.0. The first-order chi connectivity index (χ1) is 14.8. The van der Waals surface area contributed by atoms with Crippen LogP contribution in [0.3, 0.4) is 0 Å². The average Bonchev–Trinajstić information content (AvgIpc) is 2.75. The van der Waals surface area contributed by atoms with Crippen LogP contribution in [0, 0.1) is 0 Å². The summed E-state index contributed by atoms with van der Waals surface area (Å²) in [5.41, 5.74) is 1.19. The largest absolute Gasteiger partial charge is 0.507 e. The third-order valence-corrected chi connectivity index (χ3v) is 4.82. The molecule has 1 atom stereocenters. The van der Waals surface area contributed by atoms with Gasteiger partial charge in [0.25, 0.3) is 5.91 Å². The lowest BCUT2D eigenvalue weighted by atomic mass is 9.75. The fourth-order valence-corrected chi connectivity index (χ4v) is 3.16. The van der Waals surface area contributed by atoms with Crippen molar-refractivity contribution in [2.45, 2.75) is 18.9 Å². The molecule has 0 aliphatic carbocycles. The van der Waals surface area contributed by atoms with Crippen molar-refractivity contribution < 1.29 is 34.4 Å². The van der Waals surface area contributed by atoms with Crippen molar-refractivity contribution in [2.24, 2.45) is 0 Å². The van der Waals surface area contributed by atoms with Crippen molar-refractivity contribution in [1.29, 1.82) is 0 Å². The Hall–Kier alpha value is -3.69. The smallest absolute Gasteiger partial charge is 0.475 e. The number of para-hydroxylation sites is 1. The van der Waals surface area contributed by atoms with E-state index in [-0.39, 0.29) is 17.5 Å². The summed E-state index contributed by atoms with van der Waals surface area (Å²) in [6.07, 6.45) is 3.70. The minimum absolute atomic E-state index is 0.168. The number of hydrogen-bond donors (Lipinski definition) is 5. The summed E-state index contributed by atoms with van der Waals surface area (Å²) in [5, 5.41) is 41.1. The number of phenols is 1. The number of carbonyl (C=O) groups excluding carboxylic acids is 1. The maximum absolute atomic E-state index is 12.6. The Balaban J connectivity index is 1.70. The van der Waals surface area contributed by atoms with Crippen LogP contribution in [0.5, 0.6) is 5.75 Å². The molecule has 158 valence electrons. The average molecular weight is 421 g/mol. The van der Waals surface area contributed by atoms with Gasteiger partial charge >= 0.3 is 13.1 Å². The van der Waals surface area contributed by atoms with E-state index in [0.717, 1.165) is 5.56 Å². The molecule has 0 aliphatic heterocycles. The number of hydrogen-bond acceptors (Lipinski definition) is 5. The van der Waals surface area contributed by atoms with Crippen molar-refractivity contribution in [2.75, 3.05) is 0 Å². The lowest BCUT2D eigenvalue weighted by Gasteiger charge is -2.19. The van der Waals surface area contributed by atoms with Gasteiger partial charge in [0.2, 0.25) is 0 Å². The van der Waals surface area contributed by atoms with Gasteiger partial charge in [0.05, 0.1) is 5.94 Å². The van der Waals surface area contributed by atoms with Crippen LogP contribution in [-0.4, -0.2) is 45.2 Å². The number of aromatic hydroxyl groups is 1. The fourth-order valence-electron chi connectivity index (χ4n) is 3.16. The molecule has 0 fully saturated rings. The molecule has 9 heteroatoms. The maximum atomic E-state index is 12.6. The van der Waals surface area contributed by atoms with E-state index in [1.807, 2.05) is 35.2 Å². The summed E-state index contributed by atoms with van der Waals surface area (Å²) in [5.74, 6) is -3.45. The molecule has 0 spiro atoms. The second kappa shape index (κ2) is 9.88. The Morgan fingerprint density at radius 2 is 1.65 bits per heavy atom. The van der Waals surface area contributed by atoms with Crippen molar-refractivity contribution in [1.82, 2.24) is 5.32 Å². The molecule has 1 heterocycles. The maximum Gasteiger partial charge on any atom is 0.475 e. The van der Waals surface area contributed by atoms with E-state index in [1.165, 1.54) is 18.2 Å². The number of nitrogens with zero attached hydrogens (tertiary/aromatic N) is 1. The summed E-state index contributed by atoms with van der Waals surface area (Å²) < 4.78 is 1.99. The van der Waals surface area contributed by atoms with Crippen LogP contribution >= 0.6 is 0 Å². The van der Waals surface area contributed by atoms with Gasteiger partial charge in [-0.1, -0.05) is 30.3 Å². The molecule has 8 nitrogen and oxygen atoms in total. The number of benzene rings is 2. The van der Waals surface area contributed by atoms with Crippen molar-refractivity contribution in [3.63, 3.8) is 0 Å². The number of rotatable bonds is 8. The third-order valence-electron chi connectivity index (χ3n) is 4.82. The zero-order chi connectivity index (χ0) is 22.4. The zero-order valence-corrected chi connectivity index (χ0v) is 16.5. The number of carboxylic acids is 1. The minimum Gasteiger partial charge on any atom is -0.507 e. The fraction of sp³-hybridized carbons (Fsp3) is 0.136. The Bertz CT molecular complexity index is 1060. The first-order valence-corrected chi connectivity index (χ1v) is 9.59. The van der Waals surface area contributed by atoms with Gasteiger partial charge in [0.1, 0.15) is 11.3 Å². The second-order valence-corrected chi connectivity index (χ2v) is 7.06. The molecular weight excluding hydrogens is 399 g/mol. The molecule has 31 heavy (non-hydrogen) atoms. The number of aromatic carboxylic acids is 1. The number of pyridine rings is 1. The summed E-state index contributed by atoms with van der Waals surface area (Å²) >= 11 is 0. The lowest BCUT2D eigenvalue weighted by molar-refractivity contribution is -0.688. The van der Waals surface area contributed by atoms with E-state index in [0.29, 0.717) is 12.1 Å². The van der Waals surface area contributed by atoms with E-state index >= 15 is 0 Å². The van der Waals surface area contributed by atoms with Gasteiger partial charge in [-0.15, -0.1) is 0 Å². The van der Waals surface area contributed by atoms with Crippen LogP contribution in [0.15, 0.2) is 73.1 Å². The van der Waals surface area contributed by atoms with Gasteiger partial charge < -0.3 is 25.6 Å². The van der Waals surface area contributed by atoms with Crippen LogP contribution in [0.25, 0.3) is 0 Å². The molecule has 0 bridgehead atoms. The lowest BCUT2D eigenvalue weighted by Crippen LogP contribution is -2.47. The predicted octanol–water partition coefficient (Wildman–Crippen LogP) is 0.779. The molecule has 3 aromatic rings. The van der Waals surface area contributed by atoms with Crippen LogP contribution in [0.1, 0.15) is 31.8 Å². The van der Waals surface area contributed by atoms with E-state index in [1.54, 1.807) is 24.3 Å². The van der Waals surface area contributed by atoms with Gasteiger partial charge in [-0.25, -0.2) is 9.36 Å². The quantitative estimate of drug-likeness (QED) is 0.270. The van der Waals surface area contributed by atoms with Gasteiger partial charge in [-0.05, 0) is 30.2 Å². The standard InChI is InChI=1S/C22H21BN2O6/c26-20-17(5-4-6-18(20)22(28)29)13-19(23(30)31)24-21(27)16-9-7-15(8-10-16)14-25-11-2-1-3-12-25/h1-12,19,30-31H,13-14H2,(H2-,24,26,27,28,29)/p+1. The monoisotopic (exact) mass is 421 g/mol. The van der Waals surface area contributed by atoms with Crippen LogP contribution in [0.4, 0.5) is 0 Å². The SMILES string of the molecule is O=C(NC(Cc1cccc(C(=O)O)c1O)B(O)O)c1ccc(C[n+]2ccccc2)cc1. The minimum atomic E-state index is -1.91. The van der Waals surface area contributed by atoms with E-state index < -0.39 is 30.7 Å².